The molecule has 6 nitrogen and oxygen atoms in total. The molecule has 0 saturated heterocycles. The van der Waals surface area contributed by atoms with Crippen molar-refractivity contribution < 1.29 is 44.7 Å². The van der Waals surface area contributed by atoms with Crippen molar-refractivity contribution in [2.75, 3.05) is 18.1 Å². The third-order valence-corrected chi connectivity index (χ3v) is 7.58. The molecule has 0 saturated carbocycles. The molecule has 4 rings (SSSR count). The van der Waals surface area contributed by atoms with Gasteiger partial charge in [-0.2, -0.15) is 26.3 Å². The van der Waals surface area contributed by atoms with Gasteiger partial charge in [-0.3, -0.25) is 4.79 Å². The lowest BCUT2D eigenvalue weighted by atomic mass is 9.90. The molecular formula is C26H22F6N2O4S. The van der Waals surface area contributed by atoms with Crippen LogP contribution in [0.4, 0.5) is 32.0 Å². The van der Waals surface area contributed by atoms with E-state index in [1.165, 1.54) is 30.3 Å². The third kappa shape index (κ3) is 5.52. The number of alkyl halides is 6. The molecule has 0 aliphatic carbocycles. The maximum absolute atomic E-state index is 13.1. The Bertz CT molecular complexity index is 1470. The molecule has 0 radical (unpaired) electrons. The summed E-state index contributed by atoms with van der Waals surface area (Å²) in [7, 11) is -3.41. The van der Waals surface area contributed by atoms with Crippen LogP contribution < -0.4 is 10.6 Å². The van der Waals surface area contributed by atoms with Gasteiger partial charge in [0.05, 0.1) is 4.90 Å². The van der Waals surface area contributed by atoms with Crippen molar-refractivity contribution >= 4 is 21.4 Å². The van der Waals surface area contributed by atoms with Gasteiger partial charge in [-0.05, 0) is 52.9 Å². The molecular weight excluding hydrogens is 550 g/mol. The quantitative estimate of drug-likeness (QED) is 0.379. The molecule has 1 heterocycles. The number of anilines is 1. The van der Waals surface area contributed by atoms with Crippen molar-refractivity contribution in [3.8, 4) is 11.1 Å². The predicted molar refractivity (Wildman–Crippen MR) is 131 cm³/mol. The molecule has 1 atom stereocenters. The van der Waals surface area contributed by atoms with E-state index in [4.69, 9.17) is 0 Å². The predicted octanol–water partition coefficient (Wildman–Crippen LogP) is 4.89. The van der Waals surface area contributed by atoms with Gasteiger partial charge in [-0.1, -0.05) is 42.5 Å². The summed E-state index contributed by atoms with van der Waals surface area (Å²) in [5.41, 5.74) is -3.89. The molecule has 0 spiro atoms. The van der Waals surface area contributed by atoms with E-state index in [1.54, 1.807) is 12.1 Å². The van der Waals surface area contributed by atoms with Crippen LogP contribution in [-0.2, 0) is 26.7 Å². The molecule has 3 aromatic rings. The first-order chi connectivity index (χ1) is 18.0. The van der Waals surface area contributed by atoms with Crippen molar-refractivity contribution in [3.63, 3.8) is 0 Å². The second kappa shape index (κ2) is 9.96. The van der Waals surface area contributed by atoms with Gasteiger partial charge in [0.1, 0.15) is 6.04 Å². The molecule has 1 aliphatic heterocycles. The van der Waals surface area contributed by atoms with Gasteiger partial charge in [0.2, 0.25) is 5.91 Å². The van der Waals surface area contributed by atoms with E-state index in [0.717, 1.165) is 24.0 Å². The van der Waals surface area contributed by atoms with Gasteiger partial charge < -0.3 is 15.7 Å². The second-order valence-electron chi connectivity index (χ2n) is 9.12. The number of halogens is 6. The first-order valence-corrected chi connectivity index (χ1v) is 13.4. The van der Waals surface area contributed by atoms with Crippen molar-refractivity contribution in [2.24, 2.45) is 0 Å². The summed E-state index contributed by atoms with van der Waals surface area (Å²) in [5.74, 6) is -0.404. The molecule has 39 heavy (non-hydrogen) atoms. The van der Waals surface area contributed by atoms with Crippen LogP contribution in [0.3, 0.4) is 0 Å². The number of rotatable bonds is 5. The number of benzene rings is 3. The highest BCUT2D eigenvalue weighted by Gasteiger charge is 2.71. The summed E-state index contributed by atoms with van der Waals surface area (Å²) in [6.07, 6.45) is -10.3. The summed E-state index contributed by atoms with van der Waals surface area (Å²) in [6.45, 7) is 0.449. The van der Waals surface area contributed by atoms with Crippen LogP contribution in [0.2, 0.25) is 0 Å². The maximum atomic E-state index is 13.1. The van der Waals surface area contributed by atoms with Gasteiger partial charge in [-0.15, -0.1) is 0 Å². The Morgan fingerprint density at radius 1 is 0.897 bits per heavy atom. The lowest BCUT2D eigenvalue weighted by Crippen LogP contribution is -2.53. The number of carbonyl (C=O) groups is 1. The summed E-state index contributed by atoms with van der Waals surface area (Å²) < 4.78 is 102. The van der Waals surface area contributed by atoms with E-state index < -0.39 is 45.3 Å². The SMILES string of the molecule is CS(=O)(=O)c1ccc2c(c1)CCNC2C(=O)Nc1ccc(-c2ccc(C(O)(C(F)(F)F)C(F)(F)F)cc2)cc1. The average molecular weight is 573 g/mol. The van der Waals surface area contributed by atoms with E-state index in [9.17, 15) is 44.7 Å². The monoisotopic (exact) mass is 572 g/mol. The fraction of sp³-hybridized carbons (Fsp3) is 0.269. The van der Waals surface area contributed by atoms with Crippen LogP contribution in [0, 0.1) is 0 Å². The van der Waals surface area contributed by atoms with Gasteiger partial charge in [0.15, 0.2) is 9.84 Å². The number of nitrogens with one attached hydrogen (secondary N) is 2. The second-order valence-corrected chi connectivity index (χ2v) is 11.1. The third-order valence-electron chi connectivity index (χ3n) is 6.47. The highest BCUT2D eigenvalue weighted by Crippen LogP contribution is 2.50. The van der Waals surface area contributed by atoms with Crippen LogP contribution in [0.25, 0.3) is 11.1 Å². The van der Waals surface area contributed by atoms with Crippen LogP contribution in [0.5, 0.6) is 0 Å². The molecule has 1 unspecified atom stereocenters. The molecule has 0 bridgehead atoms. The Labute approximate surface area is 219 Å². The van der Waals surface area contributed by atoms with E-state index in [2.05, 4.69) is 10.6 Å². The zero-order valence-corrected chi connectivity index (χ0v) is 21.0. The molecule has 0 fully saturated rings. The fourth-order valence-corrected chi connectivity index (χ4v) is 5.03. The standard InChI is InChI=1S/C26H22F6N2O4S/c1-39(37,38)20-10-11-21-17(14-20)12-13-33-22(21)23(35)34-19-8-4-16(5-9-19)15-2-6-18(7-3-15)24(36,25(27,28)29)26(30,31)32/h2-11,14,22,33,36H,12-13H2,1H3,(H,34,35). The summed E-state index contributed by atoms with van der Waals surface area (Å²) >= 11 is 0. The van der Waals surface area contributed by atoms with Gasteiger partial charge in [0.25, 0.3) is 5.60 Å². The van der Waals surface area contributed by atoms with E-state index in [-0.39, 0.29) is 10.5 Å². The Kier molecular flexibility index (Phi) is 7.30. The molecule has 3 N–H and O–H groups in total. The van der Waals surface area contributed by atoms with E-state index >= 15 is 0 Å². The summed E-state index contributed by atoms with van der Waals surface area (Å²) in [5, 5.41) is 15.4. The summed E-state index contributed by atoms with van der Waals surface area (Å²) in [6, 6.07) is 13.1. The lowest BCUT2D eigenvalue weighted by Gasteiger charge is -2.32. The summed E-state index contributed by atoms with van der Waals surface area (Å²) in [4.78, 5) is 13.1. The van der Waals surface area contributed by atoms with Crippen molar-refractivity contribution in [2.45, 2.75) is 35.3 Å². The fourth-order valence-electron chi connectivity index (χ4n) is 4.36. The van der Waals surface area contributed by atoms with Gasteiger partial charge >= 0.3 is 12.4 Å². The lowest BCUT2D eigenvalue weighted by molar-refractivity contribution is -0.376. The van der Waals surface area contributed by atoms with Crippen LogP contribution in [0.1, 0.15) is 22.7 Å². The highest BCUT2D eigenvalue weighted by molar-refractivity contribution is 7.90. The minimum atomic E-state index is -5.98. The largest absolute Gasteiger partial charge is 0.430 e. The van der Waals surface area contributed by atoms with Crippen molar-refractivity contribution in [3.05, 3.63) is 83.4 Å². The topological polar surface area (TPSA) is 95.5 Å². The van der Waals surface area contributed by atoms with Crippen molar-refractivity contribution in [1.29, 1.82) is 0 Å². The Morgan fingerprint density at radius 3 is 1.95 bits per heavy atom. The number of aliphatic hydroxyl groups is 1. The number of sulfone groups is 1. The Balaban J connectivity index is 1.51. The normalized spacial score (nSPS) is 16.5. The zero-order chi connectivity index (χ0) is 28.8. The molecule has 208 valence electrons. The van der Waals surface area contributed by atoms with E-state index in [0.29, 0.717) is 41.9 Å². The van der Waals surface area contributed by atoms with Crippen molar-refractivity contribution in [1.82, 2.24) is 5.32 Å². The van der Waals surface area contributed by atoms with Crippen LogP contribution in [0.15, 0.2) is 71.6 Å². The molecule has 13 heteroatoms. The van der Waals surface area contributed by atoms with Crippen LogP contribution in [-0.4, -0.2) is 44.6 Å². The number of hydrogen-bond acceptors (Lipinski definition) is 5. The molecule has 1 aliphatic rings. The smallest absolute Gasteiger partial charge is 0.369 e. The molecule has 3 aromatic carbocycles. The number of hydrogen-bond donors (Lipinski definition) is 3. The average Bonchev–Trinajstić information content (AvgIpc) is 2.86. The minimum absolute atomic E-state index is 0.160. The Hall–Kier alpha value is -3.42. The van der Waals surface area contributed by atoms with Crippen LogP contribution >= 0.6 is 0 Å². The maximum Gasteiger partial charge on any atom is 0.430 e. The zero-order valence-electron chi connectivity index (χ0n) is 20.2. The first-order valence-electron chi connectivity index (χ1n) is 11.5. The Morgan fingerprint density at radius 2 is 1.44 bits per heavy atom. The molecule has 1 amide bonds. The number of fused-ring (bicyclic) bond motifs is 1. The molecule has 0 aromatic heterocycles. The highest BCUT2D eigenvalue weighted by atomic mass is 32.2. The van der Waals surface area contributed by atoms with E-state index in [1.807, 2.05) is 0 Å². The first kappa shape index (κ1) is 28.6. The minimum Gasteiger partial charge on any atom is -0.369 e. The van der Waals surface area contributed by atoms with Gasteiger partial charge in [-0.25, -0.2) is 8.42 Å². The van der Waals surface area contributed by atoms with Gasteiger partial charge in [0, 0.05) is 24.1 Å². The number of amides is 1. The number of carbonyl (C=O) groups excluding carboxylic acids is 1.